The van der Waals surface area contributed by atoms with Gasteiger partial charge in [0, 0.05) is 25.4 Å². The molecule has 1 heterocycles. The summed E-state index contributed by atoms with van der Waals surface area (Å²) in [5.74, 6) is -0.350. The van der Waals surface area contributed by atoms with Gasteiger partial charge in [0.15, 0.2) is 0 Å². The van der Waals surface area contributed by atoms with Crippen LogP contribution in [0.5, 0.6) is 0 Å². The molecule has 0 aliphatic carbocycles. The predicted molar refractivity (Wildman–Crippen MR) is 63.5 cm³/mol. The second-order valence-electron chi connectivity index (χ2n) is 2.61. The Bertz CT molecular complexity index is 173. The molecule has 0 radical (unpaired) electrons. The average molecular weight is 272 g/mol. The van der Waals surface area contributed by atoms with Gasteiger partial charge >= 0.3 is 0 Å². The Balaban J connectivity index is 0. The lowest BCUT2D eigenvalue weighted by atomic mass is 10.8. The first-order valence-corrected chi connectivity index (χ1v) is 6.33. The van der Waals surface area contributed by atoms with Crippen LogP contribution in [0.2, 0.25) is 0 Å². The molecule has 0 aromatic rings. The van der Waals surface area contributed by atoms with E-state index in [0.29, 0.717) is 11.5 Å². The van der Waals surface area contributed by atoms with Gasteiger partial charge in [0.05, 0.1) is 0 Å². The van der Waals surface area contributed by atoms with Crippen molar-refractivity contribution in [3.8, 4) is 0 Å². The molecule has 1 aliphatic heterocycles. The maximum atomic E-state index is 9.00. The zero-order valence-corrected chi connectivity index (χ0v) is 10.6. The lowest BCUT2D eigenvalue weighted by Gasteiger charge is -2.19. The number of aliphatic hydroxyl groups excluding tert-OH is 2. The molecule has 0 aromatic heterocycles. The zero-order chi connectivity index (χ0) is 13.1. The van der Waals surface area contributed by atoms with E-state index in [9.17, 15) is 0 Å². The smallest absolute Gasteiger partial charge is 0.300 e. The second-order valence-corrected chi connectivity index (χ2v) is 5.04. The van der Waals surface area contributed by atoms with Gasteiger partial charge in [0.25, 0.3) is 11.9 Å². The molecule has 2 atom stereocenters. The van der Waals surface area contributed by atoms with Gasteiger partial charge in [0.1, 0.15) is 10.9 Å². The monoisotopic (exact) mass is 272 g/mol. The van der Waals surface area contributed by atoms with Gasteiger partial charge < -0.3 is 20.4 Å². The molecule has 1 rings (SSSR count). The van der Waals surface area contributed by atoms with Gasteiger partial charge in [-0.05, 0) is 0 Å². The Morgan fingerprint density at radius 1 is 0.938 bits per heavy atom. The Labute approximate surface area is 102 Å². The normalized spacial score (nSPS) is 23.0. The Morgan fingerprint density at radius 2 is 1.12 bits per heavy atom. The van der Waals surface area contributed by atoms with Crippen molar-refractivity contribution in [2.24, 2.45) is 0 Å². The van der Waals surface area contributed by atoms with Gasteiger partial charge in [-0.15, -0.1) is 23.5 Å². The van der Waals surface area contributed by atoms with Crippen molar-refractivity contribution in [2.75, 3.05) is 11.5 Å². The molecule has 0 spiro atoms. The third kappa shape index (κ3) is 23.4. The van der Waals surface area contributed by atoms with Crippen molar-refractivity contribution >= 4 is 35.5 Å². The molecule has 4 N–H and O–H groups in total. The fourth-order valence-electron chi connectivity index (χ4n) is 0.483. The van der Waals surface area contributed by atoms with Gasteiger partial charge in [-0.2, -0.15) is 0 Å². The highest BCUT2D eigenvalue weighted by molar-refractivity contribution is 8.06. The summed E-state index contributed by atoms with van der Waals surface area (Å²) in [6.07, 6.45) is 0. The van der Waals surface area contributed by atoms with Crippen molar-refractivity contribution in [2.45, 2.75) is 24.7 Å². The van der Waals surface area contributed by atoms with Crippen LogP contribution >= 0.6 is 23.5 Å². The molecule has 1 fully saturated rings. The Kier molecular flexibility index (Phi) is 12.4. The SMILES string of the molecule is CC(=O)O.CC(=O)O.OC1CSC(O)CS1. The molecule has 1 saturated heterocycles. The molecule has 0 amide bonds. The van der Waals surface area contributed by atoms with Gasteiger partial charge in [-0.1, -0.05) is 0 Å². The summed E-state index contributed by atoms with van der Waals surface area (Å²) in [6, 6.07) is 0. The largest absolute Gasteiger partial charge is 0.481 e. The molecule has 0 saturated carbocycles. The summed E-state index contributed by atoms with van der Waals surface area (Å²) < 4.78 is 0. The molecule has 6 nitrogen and oxygen atoms in total. The van der Waals surface area contributed by atoms with Crippen LogP contribution in [0.25, 0.3) is 0 Å². The maximum absolute atomic E-state index is 9.00. The van der Waals surface area contributed by atoms with E-state index in [0.717, 1.165) is 13.8 Å². The van der Waals surface area contributed by atoms with Crippen LogP contribution in [0, 0.1) is 0 Å². The third-order valence-corrected chi connectivity index (χ3v) is 3.40. The standard InChI is InChI=1S/C4H8O2S2.2C2H4O2/c5-3-1-7-4(6)2-8-3;2*1-2(3)4/h3-6H,1-2H2;2*1H3,(H,3,4). The number of aliphatic carboxylic acids is 2. The van der Waals surface area contributed by atoms with Crippen LogP contribution in [0.4, 0.5) is 0 Å². The highest BCUT2D eigenvalue weighted by atomic mass is 32.2. The predicted octanol–water partition coefficient (Wildman–Crippen LogP) is 0.285. The number of carboxylic acids is 2. The molecule has 0 aromatic carbocycles. The highest BCUT2D eigenvalue weighted by Crippen LogP contribution is 2.26. The summed E-state index contributed by atoms with van der Waals surface area (Å²) in [5, 5.41) is 32.5. The molecule has 0 bridgehead atoms. The van der Waals surface area contributed by atoms with Crippen LogP contribution < -0.4 is 0 Å². The third-order valence-electron chi connectivity index (χ3n) is 0.862. The number of carbonyl (C=O) groups is 2. The van der Waals surface area contributed by atoms with E-state index in [4.69, 9.17) is 30.0 Å². The van der Waals surface area contributed by atoms with E-state index in [1.165, 1.54) is 23.5 Å². The first kappa shape index (κ1) is 17.9. The van der Waals surface area contributed by atoms with Crippen LogP contribution in [0.15, 0.2) is 0 Å². The first-order chi connectivity index (χ1) is 7.25. The van der Waals surface area contributed by atoms with Crippen molar-refractivity contribution in [1.29, 1.82) is 0 Å². The Morgan fingerprint density at radius 3 is 1.25 bits per heavy atom. The van der Waals surface area contributed by atoms with E-state index < -0.39 is 11.9 Å². The molecule has 2 unspecified atom stereocenters. The summed E-state index contributed by atoms with van der Waals surface area (Å²) in [6.45, 7) is 2.17. The van der Waals surface area contributed by atoms with Crippen molar-refractivity contribution < 1.29 is 30.0 Å². The van der Waals surface area contributed by atoms with Crippen LogP contribution in [0.1, 0.15) is 13.8 Å². The molecule has 1 aliphatic rings. The molecule has 8 heteroatoms. The number of thioether (sulfide) groups is 2. The van der Waals surface area contributed by atoms with Crippen molar-refractivity contribution in [3.05, 3.63) is 0 Å². The Hall–Kier alpha value is -0.440. The summed E-state index contributed by atoms with van der Waals surface area (Å²) in [7, 11) is 0. The quantitative estimate of drug-likeness (QED) is 0.497. The highest BCUT2D eigenvalue weighted by Gasteiger charge is 2.16. The number of rotatable bonds is 0. The number of hydrogen-bond donors (Lipinski definition) is 4. The van der Waals surface area contributed by atoms with Crippen molar-refractivity contribution in [3.63, 3.8) is 0 Å². The van der Waals surface area contributed by atoms with Crippen LogP contribution in [0.3, 0.4) is 0 Å². The number of hydrogen-bond acceptors (Lipinski definition) is 6. The minimum absolute atomic E-state index is 0.261. The molecular weight excluding hydrogens is 256 g/mol. The molecule has 16 heavy (non-hydrogen) atoms. The van der Waals surface area contributed by atoms with Crippen LogP contribution in [-0.4, -0.2) is 54.7 Å². The van der Waals surface area contributed by atoms with Gasteiger partial charge in [0.2, 0.25) is 0 Å². The van der Waals surface area contributed by atoms with E-state index in [-0.39, 0.29) is 10.9 Å². The fraction of sp³-hybridized carbons (Fsp3) is 0.750. The minimum Gasteiger partial charge on any atom is -0.481 e. The second kappa shape index (κ2) is 11.1. The van der Waals surface area contributed by atoms with E-state index >= 15 is 0 Å². The maximum Gasteiger partial charge on any atom is 0.300 e. The summed E-state index contributed by atoms with van der Waals surface area (Å²) in [5.41, 5.74) is -0.521. The van der Waals surface area contributed by atoms with Gasteiger partial charge in [-0.25, -0.2) is 0 Å². The summed E-state index contributed by atoms with van der Waals surface area (Å²) in [4.78, 5) is 18.0. The molecular formula is C8H16O6S2. The zero-order valence-electron chi connectivity index (χ0n) is 8.99. The topological polar surface area (TPSA) is 115 Å². The molecule has 96 valence electrons. The van der Waals surface area contributed by atoms with E-state index in [2.05, 4.69) is 0 Å². The first-order valence-electron chi connectivity index (χ1n) is 4.24. The number of carboxylic acid groups (broad SMARTS) is 2. The van der Waals surface area contributed by atoms with Gasteiger partial charge in [-0.3, -0.25) is 9.59 Å². The lowest BCUT2D eigenvalue weighted by molar-refractivity contribution is -0.135. The minimum atomic E-state index is -0.833. The fourth-order valence-corrected chi connectivity index (χ4v) is 2.50. The van der Waals surface area contributed by atoms with E-state index in [1.807, 2.05) is 0 Å². The lowest BCUT2D eigenvalue weighted by Crippen LogP contribution is -2.19. The van der Waals surface area contributed by atoms with E-state index in [1.54, 1.807) is 0 Å². The average Bonchev–Trinajstić information content (AvgIpc) is 2.08. The van der Waals surface area contributed by atoms with Crippen molar-refractivity contribution in [1.82, 2.24) is 0 Å². The van der Waals surface area contributed by atoms with Crippen LogP contribution in [-0.2, 0) is 9.59 Å². The number of aliphatic hydroxyl groups is 2. The summed E-state index contributed by atoms with van der Waals surface area (Å²) >= 11 is 2.82.